The van der Waals surface area contributed by atoms with Crippen LogP contribution in [-0.4, -0.2) is 11.0 Å². The van der Waals surface area contributed by atoms with Gasteiger partial charge < -0.3 is 5.32 Å². The highest BCUT2D eigenvalue weighted by molar-refractivity contribution is 6.35. The number of rotatable bonds is 3. The SMILES string of the molecule is C=CC(C)Nc1ncc(Cl)cc1Cl. The summed E-state index contributed by atoms with van der Waals surface area (Å²) in [5.41, 5.74) is 0. The Morgan fingerprint density at radius 2 is 2.31 bits per heavy atom. The van der Waals surface area contributed by atoms with E-state index < -0.39 is 0 Å². The van der Waals surface area contributed by atoms with Crippen molar-refractivity contribution in [2.24, 2.45) is 0 Å². The lowest BCUT2D eigenvalue weighted by molar-refractivity contribution is 0.984. The lowest BCUT2D eigenvalue weighted by atomic mass is 10.3. The minimum Gasteiger partial charge on any atom is -0.363 e. The summed E-state index contributed by atoms with van der Waals surface area (Å²) in [7, 11) is 0. The van der Waals surface area contributed by atoms with E-state index in [0.29, 0.717) is 15.9 Å². The molecule has 2 nitrogen and oxygen atoms in total. The molecular weight excluding hydrogens is 207 g/mol. The molecule has 0 aliphatic heterocycles. The first-order valence-corrected chi connectivity index (χ1v) is 4.59. The summed E-state index contributed by atoms with van der Waals surface area (Å²) in [5, 5.41) is 4.11. The first-order valence-electron chi connectivity index (χ1n) is 3.83. The number of nitrogens with one attached hydrogen (secondary N) is 1. The monoisotopic (exact) mass is 216 g/mol. The first kappa shape index (κ1) is 10.4. The third kappa shape index (κ3) is 2.90. The third-order valence-corrected chi connectivity index (χ3v) is 2.02. The van der Waals surface area contributed by atoms with E-state index in [1.165, 1.54) is 0 Å². The molecule has 0 fully saturated rings. The van der Waals surface area contributed by atoms with Crippen molar-refractivity contribution in [2.45, 2.75) is 13.0 Å². The van der Waals surface area contributed by atoms with Gasteiger partial charge in [0.2, 0.25) is 0 Å². The van der Waals surface area contributed by atoms with Crippen molar-refractivity contribution in [3.05, 3.63) is 35.0 Å². The fourth-order valence-corrected chi connectivity index (χ4v) is 1.23. The Hall–Kier alpha value is -0.730. The Labute approximate surface area is 87.6 Å². The number of aromatic nitrogens is 1. The molecule has 70 valence electrons. The number of hydrogen-bond donors (Lipinski definition) is 1. The lowest BCUT2D eigenvalue weighted by Crippen LogP contribution is -2.12. The molecule has 4 heteroatoms. The van der Waals surface area contributed by atoms with E-state index in [4.69, 9.17) is 23.2 Å². The Morgan fingerprint density at radius 3 is 2.85 bits per heavy atom. The molecule has 1 rings (SSSR count). The van der Waals surface area contributed by atoms with Crippen LogP contribution >= 0.6 is 23.2 Å². The molecule has 1 N–H and O–H groups in total. The molecule has 1 aromatic heterocycles. The molecule has 1 unspecified atom stereocenters. The molecule has 0 aliphatic rings. The largest absolute Gasteiger partial charge is 0.363 e. The molecule has 1 atom stereocenters. The maximum absolute atomic E-state index is 5.89. The molecule has 0 saturated heterocycles. The van der Waals surface area contributed by atoms with Crippen molar-refractivity contribution in [2.75, 3.05) is 5.32 Å². The van der Waals surface area contributed by atoms with Gasteiger partial charge in [-0.3, -0.25) is 0 Å². The van der Waals surface area contributed by atoms with Crippen LogP contribution in [0.4, 0.5) is 5.82 Å². The van der Waals surface area contributed by atoms with Crippen LogP contribution in [0, 0.1) is 0 Å². The fraction of sp³-hybridized carbons (Fsp3) is 0.222. The Bertz CT molecular complexity index is 312. The standard InChI is InChI=1S/C9H10Cl2N2/c1-3-6(2)13-9-8(11)4-7(10)5-12-9/h3-6H,1H2,2H3,(H,12,13). The molecule has 0 radical (unpaired) electrons. The van der Waals surface area contributed by atoms with Crippen LogP contribution in [0.3, 0.4) is 0 Å². The van der Waals surface area contributed by atoms with Gasteiger partial charge in [-0.25, -0.2) is 4.98 Å². The smallest absolute Gasteiger partial charge is 0.145 e. The van der Waals surface area contributed by atoms with Gasteiger partial charge in [0.25, 0.3) is 0 Å². The highest BCUT2D eigenvalue weighted by Gasteiger charge is 2.03. The molecule has 0 aromatic carbocycles. The van der Waals surface area contributed by atoms with Crippen LogP contribution in [-0.2, 0) is 0 Å². The Morgan fingerprint density at radius 1 is 1.62 bits per heavy atom. The summed E-state index contributed by atoms with van der Waals surface area (Å²) in [6.45, 7) is 5.60. The molecule has 0 amide bonds. The minimum atomic E-state index is 0.131. The second-order valence-electron chi connectivity index (χ2n) is 2.65. The fourth-order valence-electron chi connectivity index (χ4n) is 0.795. The lowest BCUT2D eigenvalue weighted by Gasteiger charge is -2.10. The highest BCUT2D eigenvalue weighted by atomic mass is 35.5. The van der Waals surface area contributed by atoms with Gasteiger partial charge in [0.05, 0.1) is 10.0 Å². The van der Waals surface area contributed by atoms with Crippen molar-refractivity contribution in [3.63, 3.8) is 0 Å². The molecule has 0 bridgehead atoms. The normalized spacial score (nSPS) is 12.2. The third-order valence-electron chi connectivity index (χ3n) is 1.53. The van der Waals surface area contributed by atoms with E-state index in [1.54, 1.807) is 18.3 Å². The molecule has 1 aromatic rings. The van der Waals surface area contributed by atoms with Crippen LogP contribution in [0.25, 0.3) is 0 Å². The van der Waals surface area contributed by atoms with Crippen LogP contribution < -0.4 is 5.32 Å². The van der Waals surface area contributed by atoms with Crippen molar-refractivity contribution in [1.82, 2.24) is 4.98 Å². The van der Waals surface area contributed by atoms with Crippen LogP contribution in [0.5, 0.6) is 0 Å². The zero-order valence-electron chi connectivity index (χ0n) is 7.22. The zero-order chi connectivity index (χ0) is 9.84. The van der Waals surface area contributed by atoms with Gasteiger partial charge in [-0.05, 0) is 13.0 Å². The highest BCUT2D eigenvalue weighted by Crippen LogP contribution is 2.22. The maximum atomic E-state index is 5.89. The van der Waals surface area contributed by atoms with E-state index in [-0.39, 0.29) is 6.04 Å². The molecular formula is C9H10Cl2N2. The van der Waals surface area contributed by atoms with Gasteiger partial charge in [-0.2, -0.15) is 0 Å². The Kier molecular flexibility index (Phi) is 3.58. The van der Waals surface area contributed by atoms with Crippen LogP contribution in [0.15, 0.2) is 24.9 Å². The van der Waals surface area contributed by atoms with Gasteiger partial charge in [-0.15, -0.1) is 6.58 Å². The minimum absolute atomic E-state index is 0.131. The summed E-state index contributed by atoms with van der Waals surface area (Å²) < 4.78 is 0. The van der Waals surface area contributed by atoms with Gasteiger partial charge >= 0.3 is 0 Å². The summed E-state index contributed by atoms with van der Waals surface area (Å²) in [6.07, 6.45) is 3.32. The van der Waals surface area contributed by atoms with Gasteiger partial charge in [0.15, 0.2) is 0 Å². The predicted molar refractivity (Wildman–Crippen MR) is 57.5 cm³/mol. The van der Waals surface area contributed by atoms with Crippen molar-refractivity contribution < 1.29 is 0 Å². The van der Waals surface area contributed by atoms with Gasteiger partial charge in [0, 0.05) is 12.2 Å². The van der Waals surface area contributed by atoms with Gasteiger partial charge in [0.1, 0.15) is 5.82 Å². The van der Waals surface area contributed by atoms with Crippen molar-refractivity contribution >= 4 is 29.0 Å². The topological polar surface area (TPSA) is 24.9 Å². The van der Waals surface area contributed by atoms with E-state index in [0.717, 1.165) is 0 Å². The summed E-state index contributed by atoms with van der Waals surface area (Å²) >= 11 is 11.6. The quantitative estimate of drug-likeness (QED) is 0.785. The van der Waals surface area contributed by atoms with Crippen molar-refractivity contribution in [3.8, 4) is 0 Å². The predicted octanol–water partition coefficient (Wildman–Crippen LogP) is 3.37. The summed E-state index contributed by atoms with van der Waals surface area (Å²) in [4.78, 5) is 4.04. The van der Waals surface area contributed by atoms with Crippen LogP contribution in [0.1, 0.15) is 6.92 Å². The van der Waals surface area contributed by atoms with Crippen molar-refractivity contribution in [1.29, 1.82) is 0 Å². The molecule has 1 heterocycles. The average Bonchev–Trinajstić information content (AvgIpc) is 2.09. The molecule has 0 saturated carbocycles. The first-order chi connectivity index (χ1) is 6.13. The van der Waals surface area contributed by atoms with E-state index >= 15 is 0 Å². The van der Waals surface area contributed by atoms with Gasteiger partial charge in [-0.1, -0.05) is 29.3 Å². The number of nitrogens with zero attached hydrogens (tertiary/aromatic N) is 1. The summed E-state index contributed by atoms with van der Waals surface area (Å²) in [5.74, 6) is 0.624. The second kappa shape index (κ2) is 4.49. The second-order valence-corrected chi connectivity index (χ2v) is 3.50. The molecule has 0 spiro atoms. The number of anilines is 1. The average molecular weight is 217 g/mol. The number of hydrogen-bond acceptors (Lipinski definition) is 2. The summed E-state index contributed by atoms with van der Waals surface area (Å²) in [6, 6.07) is 1.78. The van der Waals surface area contributed by atoms with E-state index in [2.05, 4.69) is 16.9 Å². The molecule has 0 aliphatic carbocycles. The number of pyridine rings is 1. The maximum Gasteiger partial charge on any atom is 0.145 e. The zero-order valence-corrected chi connectivity index (χ0v) is 8.73. The van der Waals surface area contributed by atoms with E-state index in [1.807, 2.05) is 6.92 Å². The number of halogens is 2. The Balaban J connectivity index is 2.83. The van der Waals surface area contributed by atoms with E-state index in [9.17, 15) is 0 Å². The van der Waals surface area contributed by atoms with Crippen LogP contribution in [0.2, 0.25) is 10.0 Å². The molecule has 13 heavy (non-hydrogen) atoms.